The Labute approximate surface area is 107 Å². The van der Waals surface area contributed by atoms with Crippen LogP contribution in [0.25, 0.3) is 5.70 Å². The summed E-state index contributed by atoms with van der Waals surface area (Å²) in [7, 11) is 1.26. The van der Waals surface area contributed by atoms with Crippen LogP contribution in [-0.4, -0.2) is 25.8 Å². The molecule has 19 heavy (non-hydrogen) atoms. The SMILES string of the molecule is COC(=O)C1C=C(c2ccc(OC(F)F)cc2)NO1. The highest BCUT2D eigenvalue weighted by atomic mass is 19.3. The Morgan fingerprint density at radius 3 is 2.63 bits per heavy atom. The van der Waals surface area contributed by atoms with Gasteiger partial charge in [-0.25, -0.2) is 4.79 Å². The molecular weight excluding hydrogens is 260 g/mol. The van der Waals surface area contributed by atoms with Crippen LogP contribution in [0.4, 0.5) is 8.78 Å². The Morgan fingerprint density at radius 2 is 2.05 bits per heavy atom. The van der Waals surface area contributed by atoms with Crippen LogP contribution in [0.1, 0.15) is 5.56 Å². The van der Waals surface area contributed by atoms with Crippen molar-refractivity contribution in [2.75, 3.05) is 7.11 Å². The summed E-state index contributed by atoms with van der Waals surface area (Å²) in [5, 5.41) is 0. The third-order valence-electron chi connectivity index (χ3n) is 2.44. The summed E-state index contributed by atoms with van der Waals surface area (Å²) < 4.78 is 32.7. The second kappa shape index (κ2) is 5.66. The fourth-order valence-electron chi connectivity index (χ4n) is 1.55. The second-order valence-corrected chi connectivity index (χ2v) is 3.65. The summed E-state index contributed by atoms with van der Waals surface area (Å²) >= 11 is 0. The van der Waals surface area contributed by atoms with Crippen LogP contribution in [0.5, 0.6) is 5.75 Å². The van der Waals surface area contributed by atoms with E-state index in [4.69, 9.17) is 4.84 Å². The van der Waals surface area contributed by atoms with Gasteiger partial charge in [0.15, 0.2) is 0 Å². The van der Waals surface area contributed by atoms with Crippen molar-refractivity contribution >= 4 is 11.7 Å². The van der Waals surface area contributed by atoms with E-state index < -0.39 is 18.7 Å². The summed E-state index contributed by atoms with van der Waals surface area (Å²) in [5.74, 6) is -0.470. The fourth-order valence-corrected chi connectivity index (χ4v) is 1.55. The molecule has 0 radical (unpaired) electrons. The average Bonchev–Trinajstić information content (AvgIpc) is 2.87. The van der Waals surface area contributed by atoms with Gasteiger partial charge in [0.2, 0.25) is 6.10 Å². The van der Waals surface area contributed by atoms with Crippen molar-refractivity contribution in [2.24, 2.45) is 0 Å². The third-order valence-corrected chi connectivity index (χ3v) is 2.44. The van der Waals surface area contributed by atoms with E-state index in [0.29, 0.717) is 11.3 Å². The van der Waals surface area contributed by atoms with Crippen molar-refractivity contribution in [1.82, 2.24) is 5.48 Å². The molecule has 0 bridgehead atoms. The van der Waals surface area contributed by atoms with Crippen molar-refractivity contribution in [1.29, 1.82) is 0 Å². The zero-order valence-corrected chi connectivity index (χ0v) is 9.93. The molecule has 1 unspecified atom stereocenters. The van der Waals surface area contributed by atoms with Gasteiger partial charge in [-0.3, -0.25) is 10.3 Å². The lowest BCUT2D eigenvalue weighted by Crippen LogP contribution is -2.22. The zero-order chi connectivity index (χ0) is 13.8. The van der Waals surface area contributed by atoms with Crippen molar-refractivity contribution in [3.05, 3.63) is 35.9 Å². The first-order valence-electron chi connectivity index (χ1n) is 5.36. The number of halogens is 2. The summed E-state index contributed by atoms with van der Waals surface area (Å²) in [6.45, 7) is -2.86. The molecule has 1 N–H and O–H groups in total. The molecule has 1 aromatic rings. The number of rotatable bonds is 4. The van der Waals surface area contributed by atoms with Gasteiger partial charge in [-0.05, 0) is 35.9 Å². The number of alkyl halides is 2. The summed E-state index contributed by atoms with van der Waals surface area (Å²) in [6, 6.07) is 5.93. The monoisotopic (exact) mass is 271 g/mol. The Hall–Kier alpha value is -2.15. The van der Waals surface area contributed by atoms with Crippen LogP contribution >= 0.6 is 0 Å². The molecule has 1 heterocycles. The molecular formula is C12H11F2NO4. The molecule has 0 fully saturated rings. The van der Waals surface area contributed by atoms with Crippen LogP contribution in [0.3, 0.4) is 0 Å². The van der Waals surface area contributed by atoms with Crippen LogP contribution in [-0.2, 0) is 14.4 Å². The molecule has 0 spiro atoms. The predicted molar refractivity (Wildman–Crippen MR) is 61.1 cm³/mol. The molecule has 1 aliphatic rings. The first-order chi connectivity index (χ1) is 9.10. The van der Waals surface area contributed by atoms with Crippen LogP contribution in [0, 0.1) is 0 Å². The smallest absolute Gasteiger partial charge is 0.387 e. The minimum absolute atomic E-state index is 0.0581. The van der Waals surface area contributed by atoms with E-state index in [1.165, 1.54) is 25.3 Å². The molecule has 7 heteroatoms. The topological polar surface area (TPSA) is 56.8 Å². The second-order valence-electron chi connectivity index (χ2n) is 3.65. The largest absolute Gasteiger partial charge is 0.467 e. The molecule has 0 aromatic heterocycles. The van der Waals surface area contributed by atoms with Crippen molar-refractivity contribution in [3.8, 4) is 5.75 Å². The van der Waals surface area contributed by atoms with E-state index in [-0.39, 0.29) is 5.75 Å². The number of carbonyl (C=O) groups excluding carboxylic acids is 1. The van der Waals surface area contributed by atoms with E-state index >= 15 is 0 Å². The van der Waals surface area contributed by atoms with Gasteiger partial charge in [-0.2, -0.15) is 8.78 Å². The lowest BCUT2D eigenvalue weighted by Gasteiger charge is -2.06. The number of esters is 1. The Morgan fingerprint density at radius 1 is 1.37 bits per heavy atom. The molecule has 0 saturated carbocycles. The lowest BCUT2D eigenvalue weighted by molar-refractivity contribution is -0.152. The van der Waals surface area contributed by atoms with Gasteiger partial charge in [0, 0.05) is 0 Å². The van der Waals surface area contributed by atoms with Crippen LogP contribution in [0.2, 0.25) is 0 Å². The van der Waals surface area contributed by atoms with Gasteiger partial charge < -0.3 is 9.47 Å². The van der Waals surface area contributed by atoms with Crippen LogP contribution < -0.4 is 10.2 Å². The number of benzene rings is 1. The number of ether oxygens (including phenoxy) is 2. The van der Waals surface area contributed by atoms with Gasteiger partial charge >= 0.3 is 12.6 Å². The van der Waals surface area contributed by atoms with E-state index in [1.54, 1.807) is 12.1 Å². The molecule has 2 rings (SSSR count). The molecule has 102 valence electrons. The number of nitrogens with one attached hydrogen (secondary N) is 1. The van der Waals surface area contributed by atoms with Gasteiger partial charge in [-0.15, -0.1) is 0 Å². The summed E-state index contributed by atoms with van der Waals surface area (Å²) in [5.41, 5.74) is 3.80. The highest BCUT2D eigenvalue weighted by Crippen LogP contribution is 2.22. The number of methoxy groups -OCH3 is 1. The Kier molecular flexibility index (Phi) is 3.96. The normalized spacial score (nSPS) is 17.9. The molecule has 0 amide bonds. The maximum atomic E-state index is 12.0. The molecule has 1 aliphatic heterocycles. The molecule has 0 saturated heterocycles. The minimum atomic E-state index is -2.86. The average molecular weight is 271 g/mol. The fraction of sp³-hybridized carbons (Fsp3) is 0.250. The Bertz CT molecular complexity index is 487. The number of hydrogen-bond acceptors (Lipinski definition) is 5. The van der Waals surface area contributed by atoms with Gasteiger partial charge in [0.25, 0.3) is 0 Å². The summed E-state index contributed by atoms with van der Waals surface area (Å²) in [4.78, 5) is 16.2. The molecule has 5 nitrogen and oxygen atoms in total. The van der Waals surface area contributed by atoms with E-state index in [1.807, 2.05) is 0 Å². The standard InChI is InChI=1S/C12H11F2NO4/c1-17-11(16)10-6-9(15-19-10)7-2-4-8(5-3-7)18-12(13)14/h2-6,10,12,15H,1H3. The van der Waals surface area contributed by atoms with Gasteiger partial charge in [-0.1, -0.05) is 0 Å². The summed E-state index contributed by atoms with van der Waals surface area (Å²) in [6.07, 6.45) is 0.714. The zero-order valence-electron chi connectivity index (χ0n) is 9.93. The van der Waals surface area contributed by atoms with Crippen molar-refractivity contribution in [2.45, 2.75) is 12.7 Å². The Balaban J connectivity index is 2.09. The van der Waals surface area contributed by atoms with Crippen molar-refractivity contribution in [3.63, 3.8) is 0 Å². The van der Waals surface area contributed by atoms with Gasteiger partial charge in [0.05, 0.1) is 12.8 Å². The van der Waals surface area contributed by atoms with Crippen LogP contribution in [0.15, 0.2) is 30.3 Å². The lowest BCUT2D eigenvalue weighted by atomic mass is 10.1. The third kappa shape index (κ3) is 3.19. The number of hydroxylamine groups is 1. The first-order valence-corrected chi connectivity index (χ1v) is 5.36. The predicted octanol–water partition coefficient (Wildman–Crippen LogP) is 1.71. The van der Waals surface area contributed by atoms with Crippen molar-refractivity contribution < 1.29 is 27.9 Å². The molecule has 1 aromatic carbocycles. The van der Waals surface area contributed by atoms with E-state index in [9.17, 15) is 13.6 Å². The quantitative estimate of drug-likeness (QED) is 0.845. The maximum absolute atomic E-state index is 12.0. The van der Waals surface area contributed by atoms with Gasteiger partial charge in [0.1, 0.15) is 5.75 Å². The number of carbonyl (C=O) groups is 1. The highest BCUT2D eigenvalue weighted by molar-refractivity contribution is 5.81. The van der Waals surface area contributed by atoms with E-state index in [0.717, 1.165) is 0 Å². The highest BCUT2D eigenvalue weighted by Gasteiger charge is 2.25. The maximum Gasteiger partial charge on any atom is 0.387 e. The molecule has 0 aliphatic carbocycles. The number of hydrogen-bond donors (Lipinski definition) is 1. The van der Waals surface area contributed by atoms with E-state index in [2.05, 4.69) is 15.0 Å². The first kappa shape index (κ1) is 13.3. The minimum Gasteiger partial charge on any atom is -0.467 e. The molecule has 1 atom stereocenters.